The number of amides is 2. The third-order valence-electron chi connectivity index (χ3n) is 4.40. The molecule has 0 saturated carbocycles. The summed E-state index contributed by atoms with van der Waals surface area (Å²) in [4.78, 5) is 36.3. The summed E-state index contributed by atoms with van der Waals surface area (Å²) in [5.41, 5.74) is 6.80. The van der Waals surface area contributed by atoms with Gasteiger partial charge in [-0.2, -0.15) is 0 Å². The summed E-state index contributed by atoms with van der Waals surface area (Å²) in [6.45, 7) is 2.15. The van der Waals surface area contributed by atoms with Gasteiger partial charge in [0.25, 0.3) is 17.5 Å². The van der Waals surface area contributed by atoms with Crippen LogP contribution in [0.3, 0.4) is 0 Å². The van der Waals surface area contributed by atoms with E-state index in [9.17, 15) is 19.7 Å². The number of nitrogen functional groups attached to an aromatic ring is 1. The normalized spacial score (nSPS) is 16.0. The van der Waals surface area contributed by atoms with Gasteiger partial charge in [0.05, 0.1) is 26.1 Å². The molecule has 1 unspecified atom stereocenters. The van der Waals surface area contributed by atoms with Crippen molar-refractivity contribution in [1.82, 2.24) is 5.32 Å². The average Bonchev–Trinajstić information content (AvgIpc) is 2.89. The molecule has 0 aliphatic heterocycles. The molecule has 0 bridgehead atoms. The molecule has 7 nitrogen and oxygen atoms in total. The van der Waals surface area contributed by atoms with Crippen LogP contribution in [0.2, 0.25) is 5.02 Å². The van der Waals surface area contributed by atoms with Gasteiger partial charge >= 0.3 is 0 Å². The molecule has 136 valence electrons. The Labute approximate surface area is 158 Å². The molecule has 0 fully saturated rings. The topological polar surface area (TPSA) is 115 Å². The van der Waals surface area contributed by atoms with E-state index in [1.165, 1.54) is 23.5 Å². The fourth-order valence-corrected chi connectivity index (χ4v) is 4.54. The number of imide groups is 1. The summed E-state index contributed by atoms with van der Waals surface area (Å²) in [7, 11) is 0. The van der Waals surface area contributed by atoms with Gasteiger partial charge in [-0.25, -0.2) is 0 Å². The van der Waals surface area contributed by atoms with Crippen LogP contribution in [0, 0.1) is 16.0 Å². The first-order chi connectivity index (χ1) is 12.3. The number of nitrogens with one attached hydrogen (secondary N) is 1. The predicted octanol–water partition coefficient (Wildman–Crippen LogP) is 3.59. The number of rotatable bonds is 3. The highest BCUT2D eigenvalue weighted by Crippen LogP contribution is 2.38. The van der Waals surface area contributed by atoms with Crippen LogP contribution >= 0.6 is 22.9 Å². The van der Waals surface area contributed by atoms with Gasteiger partial charge in [-0.1, -0.05) is 18.5 Å². The Morgan fingerprint density at radius 1 is 1.38 bits per heavy atom. The van der Waals surface area contributed by atoms with Crippen LogP contribution in [0.15, 0.2) is 18.2 Å². The number of thiophene rings is 1. The van der Waals surface area contributed by atoms with Crippen molar-refractivity contribution in [3.05, 3.63) is 54.9 Å². The number of nitrogens with two attached hydrogens (primary N) is 1. The smallest absolute Gasteiger partial charge is 0.270 e. The lowest BCUT2D eigenvalue weighted by atomic mass is 9.88. The standard InChI is InChI=1S/C17H16ClN3O4S/c1-8-2-4-10-13(6-8)26-15(19)14(10)17(23)20-16(22)11-7-9(21(24)25)3-5-12(11)18/h3,5,7-8H,2,4,6,19H2,1H3,(H,20,22,23). The van der Waals surface area contributed by atoms with Crippen LogP contribution in [0.25, 0.3) is 0 Å². The van der Waals surface area contributed by atoms with Crippen molar-refractivity contribution in [2.45, 2.75) is 26.2 Å². The molecule has 0 spiro atoms. The minimum Gasteiger partial charge on any atom is -0.390 e. The molecule has 1 aliphatic rings. The first kappa shape index (κ1) is 18.3. The van der Waals surface area contributed by atoms with Crippen molar-refractivity contribution in [2.24, 2.45) is 5.92 Å². The van der Waals surface area contributed by atoms with E-state index in [1.807, 2.05) is 0 Å². The highest BCUT2D eigenvalue weighted by molar-refractivity contribution is 7.16. The van der Waals surface area contributed by atoms with Gasteiger partial charge in [0.2, 0.25) is 0 Å². The summed E-state index contributed by atoms with van der Waals surface area (Å²) < 4.78 is 0. The van der Waals surface area contributed by atoms with Crippen LogP contribution in [0.4, 0.5) is 10.7 Å². The molecule has 3 N–H and O–H groups in total. The number of anilines is 1. The Kier molecular flexibility index (Phi) is 4.97. The number of halogens is 1. The Morgan fingerprint density at radius 3 is 2.81 bits per heavy atom. The van der Waals surface area contributed by atoms with Crippen LogP contribution in [-0.2, 0) is 12.8 Å². The van der Waals surface area contributed by atoms with Crippen molar-refractivity contribution < 1.29 is 14.5 Å². The van der Waals surface area contributed by atoms with Crippen molar-refractivity contribution >= 4 is 45.4 Å². The maximum absolute atomic E-state index is 12.6. The third kappa shape index (κ3) is 3.42. The number of non-ortho nitro benzene ring substituents is 1. The first-order valence-electron chi connectivity index (χ1n) is 7.97. The lowest BCUT2D eigenvalue weighted by Crippen LogP contribution is -2.32. The molecule has 2 aromatic rings. The quantitative estimate of drug-likeness (QED) is 0.469. The lowest BCUT2D eigenvalue weighted by molar-refractivity contribution is -0.384. The van der Waals surface area contributed by atoms with Gasteiger partial charge in [0.1, 0.15) is 0 Å². The fourth-order valence-electron chi connectivity index (χ4n) is 3.05. The third-order valence-corrected chi connectivity index (χ3v) is 5.81. The maximum atomic E-state index is 12.6. The number of hydrogen-bond donors (Lipinski definition) is 2. The van der Waals surface area contributed by atoms with Crippen molar-refractivity contribution in [3.63, 3.8) is 0 Å². The van der Waals surface area contributed by atoms with E-state index in [-0.39, 0.29) is 16.3 Å². The molecule has 26 heavy (non-hydrogen) atoms. The second-order valence-electron chi connectivity index (χ2n) is 6.30. The zero-order valence-corrected chi connectivity index (χ0v) is 15.4. The van der Waals surface area contributed by atoms with Crippen molar-refractivity contribution in [2.75, 3.05) is 5.73 Å². The van der Waals surface area contributed by atoms with Crippen LogP contribution < -0.4 is 11.1 Å². The summed E-state index contributed by atoms with van der Waals surface area (Å²) >= 11 is 7.32. The SMILES string of the molecule is CC1CCc2c(sc(N)c2C(=O)NC(=O)c2cc([N+](=O)[O-])ccc2Cl)C1. The monoisotopic (exact) mass is 393 g/mol. The molecular weight excluding hydrogens is 378 g/mol. The number of nitrogens with zero attached hydrogens (tertiary/aromatic N) is 1. The maximum Gasteiger partial charge on any atom is 0.270 e. The van der Waals surface area contributed by atoms with Crippen molar-refractivity contribution in [3.8, 4) is 0 Å². The minimum absolute atomic E-state index is 0.0232. The zero-order chi connectivity index (χ0) is 19.0. The highest BCUT2D eigenvalue weighted by atomic mass is 35.5. The van der Waals surface area contributed by atoms with Gasteiger partial charge in [-0.05, 0) is 36.8 Å². The van der Waals surface area contributed by atoms with Gasteiger partial charge in [0, 0.05) is 17.0 Å². The Morgan fingerprint density at radius 2 is 2.12 bits per heavy atom. The van der Waals surface area contributed by atoms with E-state index in [0.717, 1.165) is 35.8 Å². The number of hydrogen-bond acceptors (Lipinski definition) is 6. The van der Waals surface area contributed by atoms with Crippen LogP contribution in [0.5, 0.6) is 0 Å². The minimum atomic E-state index is -0.799. The molecule has 3 rings (SSSR count). The summed E-state index contributed by atoms with van der Waals surface area (Å²) in [5.74, 6) is -0.879. The molecule has 0 saturated heterocycles. The Bertz CT molecular complexity index is 925. The number of nitro groups is 1. The Balaban J connectivity index is 1.86. The van der Waals surface area contributed by atoms with E-state index in [2.05, 4.69) is 12.2 Å². The number of nitro benzene ring substituents is 1. The molecule has 2 amide bonds. The molecule has 1 aliphatic carbocycles. The summed E-state index contributed by atoms with van der Waals surface area (Å²) in [5, 5.41) is 13.5. The number of carbonyl (C=O) groups is 2. The van der Waals surface area contributed by atoms with Gasteiger partial charge in [0.15, 0.2) is 0 Å². The largest absolute Gasteiger partial charge is 0.390 e. The van der Waals surface area contributed by atoms with E-state index >= 15 is 0 Å². The molecule has 1 aromatic carbocycles. The summed E-state index contributed by atoms with van der Waals surface area (Å²) in [6.07, 6.45) is 2.55. The second-order valence-corrected chi connectivity index (χ2v) is 7.84. The molecule has 0 radical (unpaired) electrons. The van der Waals surface area contributed by atoms with Crippen LogP contribution in [-0.4, -0.2) is 16.7 Å². The van der Waals surface area contributed by atoms with E-state index in [4.69, 9.17) is 17.3 Å². The number of carbonyl (C=O) groups excluding carboxylic acids is 2. The Hall–Kier alpha value is -2.45. The lowest BCUT2D eigenvalue weighted by Gasteiger charge is -2.18. The first-order valence-corrected chi connectivity index (χ1v) is 9.17. The number of fused-ring (bicyclic) bond motifs is 1. The van der Waals surface area contributed by atoms with Gasteiger partial charge in [-0.15, -0.1) is 11.3 Å². The zero-order valence-electron chi connectivity index (χ0n) is 13.9. The molecule has 1 aromatic heterocycles. The van der Waals surface area contributed by atoms with Gasteiger partial charge in [-0.3, -0.25) is 25.0 Å². The molecular formula is C17H16ClN3O4S. The van der Waals surface area contributed by atoms with Crippen molar-refractivity contribution in [1.29, 1.82) is 0 Å². The molecule has 1 atom stereocenters. The van der Waals surface area contributed by atoms with Crippen LogP contribution in [0.1, 0.15) is 44.5 Å². The van der Waals surface area contributed by atoms with E-state index in [0.29, 0.717) is 16.5 Å². The fraction of sp³-hybridized carbons (Fsp3) is 0.294. The van der Waals surface area contributed by atoms with Gasteiger partial charge < -0.3 is 5.73 Å². The highest BCUT2D eigenvalue weighted by Gasteiger charge is 2.28. The van der Waals surface area contributed by atoms with E-state index in [1.54, 1.807) is 0 Å². The van der Waals surface area contributed by atoms with E-state index < -0.39 is 16.7 Å². The number of benzene rings is 1. The summed E-state index contributed by atoms with van der Waals surface area (Å²) in [6, 6.07) is 3.48. The average molecular weight is 394 g/mol. The molecule has 1 heterocycles. The second kappa shape index (κ2) is 7.05. The molecule has 9 heteroatoms. The predicted molar refractivity (Wildman–Crippen MR) is 99.8 cm³/mol.